The Balaban J connectivity index is 1.97. The number of aryl methyl sites for hydroxylation is 1. The average molecular weight is 250 g/mol. The number of likely N-dealkylation sites (tertiary alicyclic amines) is 1. The highest BCUT2D eigenvalue weighted by molar-refractivity contribution is 5.94. The second-order valence-corrected chi connectivity index (χ2v) is 5.01. The molecule has 0 aliphatic carbocycles. The van der Waals surface area contributed by atoms with Crippen molar-refractivity contribution in [3.63, 3.8) is 0 Å². The minimum atomic E-state index is -0.272. The van der Waals surface area contributed by atoms with Crippen LogP contribution < -0.4 is 5.32 Å². The third kappa shape index (κ3) is 3.07. The number of hydrogen-bond acceptors (Lipinski definition) is 2. The maximum atomic E-state index is 13.1. The molecule has 1 heterocycles. The minimum absolute atomic E-state index is 0.104. The lowest BCUT2D eigenvalue weighted by atomic mass is 10.0. The Labute approximate surface area is 107 Å². The van der Waals surface area contributed by atoms with E-state index in [0.29, 0.717) is 11.1 Å². The largest absolute Gasteiger partial charge is 0.349 e. The first-order chi connectivity index (χ1) is 8.56. The first kappa shape index (κ1) is 13.0. The zero-order valence-corrected chi connectivity index (χ0v) is 10.9. The van der Waals surface area contributed by atoms with Gasteiger partial charge in [0.15, 0.2) is 0 Å². The number of benzene rings is 1. The van der Waals surface area contributed by atoms with E-state index in [1.807, 2.05) is 0 Å². The van der Waals surface area contributed by atoms with Crippen molar-refractivity contribution in [1.82, 2.24) is 10.2 Å². The van der Waals surface area contributed by atoms with Crippen LogP contribution in [-0.4, -0.2) is 37.0 Å². The molecule has 1 aromatic rings. The van der Waals surface area contributed by atoms with E-state index in [1.54, 1.807) is 13.0 Å². The smallest absolute Gasteiger partial charge is 0.251 e. The summed E-state index contributed by atoms with van der Waals surface area (Å²) in [5.74, 6) is -0.376. The summed E-state index contributed by atoms with van der Waals surface area (Å²) in [6, 6.07) is 4.71. The molecule has 1 aromatic carbocycles. The number of nitrogens with zero attached hydrogens (tertiary/aromatic N) is 1. The van der Waals surface area contributed by atoms with Crippen LogP contribution >= 0.6 is 0 Å². The molecule has 1 fully saturated rings. The molecule has 1 amide bonds. The Bertz CT molecular complexity index is 439. The van der Waals surface area contributed by atoms with Gasteiger partial charge in [0.1, 0.15) is 5.82 Å². The van der Waals surface area contributed by atoms with E-state index in [0.717, 1.165) is 25.9 Å². The highest BCUT2D eigenvalue weighted by Gasteiger charge is 2.19. The van der Waals surface area contributed by atoms with Crippen molar-refractivity contribution in [2.24, 2.45) is 0 Å². The highest BCUT2D eigenvalue weighted by atomic mass is 19.1. The average Bonchev–Trinajstić information content (AvgIpc) is 2.35. The third-order valence-electron chi connectivity index (χ3n) is 3.47. The number of hydrogen-bond donors (Lipinski definition) is 1. The van der Waals surface area contributed by atoms with Crippen LogP contribution in [0.1, 0.15) is 28.8 Å². The maximum Gasteiger partial charge on any atom is 0.251 e. The van der Waals surface area contributed by atoms with Crippen molar-refractivity contribution in [1.29, 1.82) is 0 Å². The second kappa shape index (κ2) is 5.48. The zero-order valence-electron chi connectivity index (χ0n) is 10.9. The molecule has 1 aliphatic rings. The molecule has 2 rings (SSSR count). The molecule has 4 heteroatoms. The lowest BCUT2D eigenvalue weighted by Crippen LogP contribution is -2.43. The highest BCUT2D eigenvalue weighted by Crippen LogP contribution is 2.12. The predicted molar refractivity (Wildman–Crippen MR) is 69.1 cm³/mol. The molecule has 0 spiro atoms. The summed E-state index contributed by atoms with van der Waals surface area (Å²) >= 11 is 0. The zero-order chi connectivity index (χ0) is 13.1. The number of halogens is 1. The van der Waals surface area contributed by atoms with Crippen LogP contribution in [0.15, 0.2) is 18.2 Å². The minimum Gasteiger partial charge on any atom is -0.349 e. The Morgan fingerprint density at radius 2 is 2.06 bits per heavy atom. The van der Waals surface area contributed by atoms with Gasteiger partial charge in [-0.15, -0.1) is 0 Å². The summed E-state index contributed by atoms with van der Waals surface area (Å²) in [7, 11) is 2.08. The van der Waals surface area contributed by atoms with E-state index >= 15 is 0 Å². The standard InChI is InChI=1S/C14H19FN2O/c1-10-9-11(3-4-13(10)15)14(18)16-12-5-7-17(2)8-6-12/h3-4,9,12H,5-8H2,1-2H3,(H,16,18). The Kier molecular flexibility index (Phi) is 3.97. The molecule has 0 radical (unpaired) electrons. The molecule has 1 saturated heterocycles. The molecule has 3 nitrogen and oxygen atoms in total. The molecule has 1 aliphatic heterocycles. The first-order valence-corrected chi connectivity index (χ1v) is 6.32. The second-order valence-electron chi connectivity index (χ2n) is 5.01. The van der Waals surface area contributed by atoms with Crippen LogP contribution in [0.3, 0.4) is 0 Å². The van der Waals surface area contributed by atoms with Gasteiger partial charge in [-0.2, -0.15) is 0 Å². The fourth-order valence-corrected chi connectivity index (χ4v) is 2.21. The molecular weight excluding hydrogens is 231 g/mol. The molecule has 1 N–H and O–H groups in total. The maximum absolute atomic E-state index is 13.1. The summed E-state index contributed by atoms with van der Waals surface area (Å²) in [4.78, 5) is 14.3. The molecule has 0 aromatic heterocycles. The number of piperidine rings is 1. The summed E-state index contributed by atoms with van der Waals surface area (Å²) in [6.45, 7) is 3.68. The topological polar surface area (TPSA) is 32.3 Å². The first-order valence-electron chi connectivity index (χ1n) is 6.32. The van der Waals surface area contributed by atoms with E-state index < -0.39 is 0 Å². The van der Waals surface area contributed by atoms with Crippen LogP contribution in [0.2, 0.25) is 0 Å². The number of rotatable bonds is 2. The predicted octanol–water partition coefficient (Wildman–Crippen LogP) is 1.96. The van der Waals surface area contributed by atoms with E-state index in [-0.39, 0.29) is 17.8 Å². The lowest BCUT2D eigenvalue weighted by Gasteiger charge is -2.29. The molecule has 0 atom stereocenters. The van der Waals surface area contributed by atoms with Crippen molar-refractivity contribution in [2.45, 2.75) is 25.8 Å². The van der Waals surface area contributed by atoms with Crippen molar-refractivity contribution in [3.8, 4) is 0 Å². The quantitative estimate of drug-likeness (QED) is 0.870. The van der Waals surface area contributed by atoms with Gasteiger partial charge in [-0.25, -0.2) is 4.39 Å². The van der Waals surface area contributed by atoms with Gasteiger partial charge in [0.25, 0.3) is 5.91 Å². The van der Waals surface area contributed by atoms with Gasteiger partial charge in [0, 0.05) is 11.6 Å². The fraction of sp³-hybridized carbons (Fsp3) is 0.500. The third-order valence-corrected chi connectivity index (χ3v) is 3.47. The Morgan fingerprint density at radius 1 is 1.39 bits per heavy atom. The number of carbonyl (C=O) groups is 1. The number of nitrogens with one attached hydrogen (secondary N) is 1. The lowest BCUT2D eigenvalue weighted by molar-refractivity contribution is 0.0916. The van der Waals surface area contributed by atoms with Crippen LogP contribution in [0, 0.1) is 12.7 Å². The van der Waals surface area contributed by atoms with E-state index in [1.165, 1.54) is 12.1 Å². The summed E-state index contributed by atoms with van der Waals surface area (Å²) < 4.78 is 13.1. The summed E-state index contributed by atoms with van der Waals surface area (Å²) in [5.41, 5.74) is 1.04. The Morgan fingerprint density at radius 3 is 2.67 bits per heavy atom. The van der Waals surface area contributed by atoms with Gasteiger partial charge in [-0.1, -0.05) is 0 Å². The van der Waals surface area contributed by atoms with Crippen LogP contribution in [0.4, 0.5) is 4.39 Å². The van der Waals surface area contributed by atoms with Crippen molar-refractivity contribution >= 4 is 5.91 Å². The van der Waals surface area contributed by atoms with Gasteiger partial charge in [0.05, 0.1) is 0 Å². The molecule has 0 unspecified atom stereocenters. The van der Waals surface area contributed by atoms with Gasteiger partial charge in [0.2, 0.25) is 0 Å². The van der Waals surface area contributed by atoms with E-state index in [2.05, 4.69) is 17.3 Å². The van der Waals surface area contributed by atoms with Gasteiger partial charge >= 0.3 is 0 Å². The van der Waals surface area contributed by atoms with Gasteiger partial charge in [-0.05, 0) is 63.7 Å². The fourth-order valence-electron chi connectivity index (χ4n) is 2.21. The van der Waals surface area contributed by atoms with Crippen molar-refractivity contribution in [2.75, 3.05) is 20.1 Å². The van der Waals surface area contributed by atoms with E-state index in [9.17, 15) is 9.18 Å². The van der Waals surface area contributed by atoms with Gasteiger partial charge < -0.3 is 10.2 Å². The van der Waals surface area contributed by atoms with Gasteiger partial charge in [-0.3, -0.25) is 4.79 Å². The number of carbonyl (C=O) groups excluding carboxylic acids is 1. The number of amides is 1. The van der Waals surface area contributed by atoms with Crippen molar-refractivity contribution < 1.29 is 9.18 Å². The Hall–Kier alpha value is -1.42. The molecule has 98 valence electrons. The molecule has 0 bridgehead atoms. The van der Waals surface area contributed by atoms with E-state index in [4.69, 9.17) is 0 Å². The van der Waals surface area contributed by atoms with Crippen LogP contribution in [-0.2, 0) is 0 Å². The molecular formula is C14H19FN2O. The summed E-state index contributed by atoms with van der Waals surface area (Å²) in [5, 5.41) is 3.01. The monoisotopic (exact) mass is 250 g/mol. The van der Waals surface area contributed by atoms with Crippen LogP contribution in [0.25, 0.3) is 0 Å². The SMILES string of the molecule is Cc1cc(C(=O)NC2CCN(C)CC2)ccc1F. The van der Waals surface area contributed by atoms with Crippen LogP contribution in [0.5, 0.6) is 0 Å². The molecule has 0 saturated carbocycles. The summed E-state index contributed by atoms with van der Waals surface area (Å²) in [6.07, 6.45) is 1.95. The normalized spacial score (nSPS) is 17.7. The van der Waals surface area contributed by atoms with Crippen molar-refractivity contribution in [3.05, 3.63) is 35.1 Å². The molecule has 18 heavy (non-hydrogen) atoms.